The second kappa shape index (κ2) is 3.63. The van der Waals surface area contributed by atoms with Gasteiger partial charge in [0.1, 0.15) is 5.65 Å². The molecule has 3 rings (SSSR count). The Hall–Kier alpha value is -1.84. The van der Waals surface area contributed by atoms with Crippen LogP contribution in [0, 0.1) is 0 Å². The Bertz CT molecular complexity index is 532. The first-order valence-corrected chi connectivity index (χ1v) is 5.53. The second-order valence-corrected chi connectivity index (χ2v) is 4.13. The Morgan fingerprint density at radius 1 is 1.50 bits per heavy atom. The first-order chi connectivity index (χ1) is 7.84. The molecule has 3 heterocycles. The molecule has 1 aliphatic rings. The summed E-state index contributed by atoms with van der Waals surface area (Å²) in [6.07, 6.45) is 5.40. The van der Waals surface area contributed by atoms with Gasteiger partial charge in [0.05, 0.1) is 0 Å². The molecule has 2 aromatic rings. The number of fused-ring (bicyclic) bond motifs is 1. The summed E-state index contributed by atoms with van der Waals surface area (Å²) in [5.41, 5.74) is 2.04. The lowest BCUT2D eigenvalue weighted by atomic mass is 10.2. The van der Waals surface area contributed by atoms with E-state index < -0.39 is 0 Å². The molecule has 0 aromatic carbocycles. The largest absolute Gasteiger partial charge is 0.346 e. The van der Waals surface area contributed by atoms with Gasteiger partial charge in [0, 0.05) is 37.3 Å². The van der Waals surface area contributed by atoms with Crippen molar-refractivity contribution in [1.82, 2.24) is 14.9 Å². The molecule has 0 aliphatic carbocycles. The predicted octanol–water partition coefficient (Wildman–Crippen LogP) is 1.69. The van der Waals surface area contributed by atoms with Gasteiger partial charge in [0.25, 0.3) is 0 Å². The first-order valence-electron chi connectivity index (χ1n) is 5.53. The maximum atomic E-state index is 11.5. The number of nitrogens with zero attached hydrogens (tertiary/aromatic N) is 2. The van der Waals surface area contributed by atoms with Gasteiger partial charge in [0.2, 0.25) is 5.91 Å². The van der Waals surface area contributed by atoms with Gasteiger partial charge in [-0.3, -0.25) is 4.79 Å². The molecule has 4 nitrogen and oxygen atoms in total. The molecule has 1 fully saturated rings. The van der Waals surface area contributed by atoms with E-state index in [1.165, 1.54) is 0 Å². The van der Waals surface area contributed by atoms with Gasteiger partial charge in [-0.05, 0) is 24.1 Å². The Balaban J connectivity index is 1.92. The zero-order valence-corrected chi connectivity index (χ0v) is 8.94. The fourth-order valence-electron chi connectivity index (χ4n) is 2.22. The van der Waals surface area contributed by atoms with Crippen molar-refractivity contribution in [1.29, 1.82) is 0 Å². The number of amides is 1. The van der Waals surface area contributed by atoms with Gasteiger partial charge in [-0.2, -0.15) is 0 Å². The summed E-state index contributed by atoms with van der Waals surface area (Å²) in [7, 11) is 0. The van der Waals surface area contributed by atoms with Crippen LogP contribution in [0.2, 0.25) is 0 Å². The molecule has 1 amide bonds. The number of aromatic nitrogens is 2. The summed E-state index contributed by atoms with van der Waals surface area (Å²) < 4.78 is 0. The SMILES string of the molecule is O=C1CCCN1Cc1c[nH]c2ncccc12. The fourth-order valence-corrected chi connectivity index (χ4v) is 2.22. The van der Waals surface area contributed by atoms with Crippen LogP contribution in [-0.4, -0.2) is 27.3 Å². The summed E-state index contributed by atoms with van der Waals surface area (Å²) in [4.78, 5) is 20.8. The van der Waals surface area contributed by atoms with Crippen molar-refractivity contribution in [2.24, 2.45) is 0 Å². The lowest BCUT2D eigenvalue weighted by Gasteiger charge is -2.14. The molecule has 1 N–H and O–H groups in total. The standard InChI is InChI=1S/C12H13N3O/c16-11-4-2-6-15(11)8-9-7-14-12-10(9)3-1-5-13-12/h1,3,5,7H,2,4,6,8H2,(H,13,14). The van der Waals surface area contributed by atoms with E-state index in [2.05, 4.69) is 9.97 Å². The summed E-state index contributed by atoms with van der Waals surface area (Å²) in [5, 5.41) is 1.11. The van der Waals surface area contributed by atoms with Crippen LogP contribution in [0.15, 0.2) is 24.5 Å². The molecule has 0 radical (unpaired) electrons. The third kappa shape index (κ3) is 1.46. The second-order valence-electron chi connectivity index (χ2n) is 4.13. The fraction of sp³-hybridized carbons (Fsp3) is 0.333. The topological polar surface area (TPSA) is 49.0 Å². The minimum absolute atomic E-state index is 0.262. The average Bonchev–Trinajstić information content (AvgIpc) is 2.88. The van der Waals surface area contributed by atoms with Crippen LogP contribution in [0.5, 0.6) is 0 Å². The van der Waals surface area contributed by atoms with Gasteiger partial charge in [-0.25, -0.2) is 4.98 Å². The normalized spacial score (nSPS) is 16.2. The van der Waals surface area contributed by atoms with Crippen LogP contribution in [0.25, 0.3) is 11.0 Å². The summed E-state index contributed by atoms with van der Waals surface area (Å²) >= 11 is 0. The van der Waals surface area contributed by atoms with E-state index in [4.69, 9.17) is 0 Å². The van der Waals surface area contributed by atoms with Crippen molar-refractivity contribution in [3.63, 3.8) is 0 Å². The van der Waals surface area contributed by atoms with Gasteiger partial charge in [-0.15, -0.1) is 0 Å². The van der Waals surface area contributed by atoms with Crippen LogP contribution in [0.3, 0.4) is 0 Å². The molecule has 0 atom stereocenters. The van der Waals surface area contributed by atoms with E-state index in [0.29, 0.717) is 13.0 Å². The lowest BCUT2D eigenvalue weighted by Crippen LogP contribution is -2.23. The Kier molecular flexibility index (Phi) is 2.13. The maximum Gasteiger partial charge on any atom is 0.222 e. The Labute approximate surface area is 93.3 Å². The van der Waals surface area contributed by atoms with Crippen LogP contribution in [-0.2, 0) is 11.3 Å². The molecule has 0 bridgehead atoms. The number of aromatic amines is 1. The first kappa shape index (κ1) is 9.39. The molecule has 1 aliphatic heterocycles. The zero-order chi connectivity index (χ0) is 11.0. The molecular weight excluding hydrogens is 202 g/mol. The van der Waals surface area contributed by atoms with Crippen molar-refractivity contribution in [2.75, 3.05) is 6.54 Å². The Morgan fingerprint density at radius 2 is 2.44 bits per heavy atom. The van der Waals surface area contributed by atoms with E-state index >= 15 is 0 Å². The highest BCUT2D eigenvalue weighted by Crippen LogP contribution is 2.20. The molecule has 4 heteroatoms. The maximum absolute atomic E-state index is 11.5. The molecular formula is C12H13N3O. The van der Waals surface area contributed by atoms with Crippen LogP contribution in [0.4, 0.5) is 0 Å². The van der Waals surface area contributed by atoms with Crippen LogP contribution >= 0.6 is 0 Å². The minimum atomic E-state index is 0.262. The minimum Gasteiger partial charge on any atom is -0.346 e. The third-order valence-electron chi connectivity index (χ3n) is 3.07. The van der Waals surface area contributed by atoms with Crippen molar-refractivity contribution in [3.8, 4) is 0 Å². The van der Waals surface area contributed by atoms with Crippen molar-refractivity contribution < 1.29 is 4.79 Å². The van der Waals surface area contributed by atoms with Gasteiger partial charge in [-0.1, -0.05) is 0 Å². The monoisotopic (exact) mass is 215 g/mol. The predicted molar refractivity (Wildman–Crippen MR) is 60.7 cm³/mol. The Morgan fingerprint density at radius 3 is 3.25 bits per heavy atom. The number of pyridine rings is 1. The average molecular weight is 215 g/mol. The van der Waals surface area contributed by atoms with Crippen molar-refractivity contribution in [2.45, 2.75) is 19.4 Å². The number of hydrogen-bond donors (Lipinski definition) is 1. The number of H-pyrrole nitrogens is 1. The molecule has 0 unspecified atom stereocenters. The lowest BCUT2D eigenvalue weighted by molar-refractivity contribution is -0.128. The quantitative estimate of drug-likeness (QED) is 0.828. The number of hydrogen-bond acceptors (Lipinski definition) is 2. The number of rotatable bonds is 2. The zero-order valence-electron chi connectivity index (χ0n) is 8.94. The number of carbonyl (C=O) groups excluding carboxylic acids is 1. The van der Waals surface area contributed by atoms with Gasteiger partial charge >= 0.3 is 0 Å². The highest BCUT2D eigenvalue weighted by atomic mass is 16.2. The van der Waals surface area contributed by atoms with Crippen molar-refractivity contribution in [3.05, 3.63) is 30.1 Å². The highest BCUT2D eigenvalue weighted by Gasteiger charge is 2.20. The number of nitrogens with one attached hydrogen (secondary N) is 1. The molecule has 2 aromatic heterocycles. The van der Waals surface area contributed by atoms with E-state index in [9.17, 15) is 4.79 Å². The summed E-state index contributed by atoms with van der Waals surface area (Å²) in [6, 6.07) is 3.96. The smallest absolute Gasteiger partial charge is 0.222 e. The van der Waals surface area contributed by atoms with Crippen LogP contribution in [0.1, 0.15) is 18.4 Å². The highest BCUT2D eigenvalue weighted by molar-refractivity contribution is 5.81. The number of carbonyl (C=O) groups is 1. The van der Waals surface area contributed by atoms with Gasteiger partial charge < -0.3 is 9.88 Å². The molecule has 0 spiro atoms. The van der Waals surface area contributed by atoms with E-state index in [1.54, 1.807) is 6.20 Å². The third-order valence-corrected chi connectivity index (χ3v) is 3.07. The van der Waals surface area contributed by atoms with E-state index in [1.807, 2.05) is 23.2 Å². The van der Waals surface area contributed by atoms with Gasteiger partial charge in [0.15, 0.2) is 0 Å². The van der Waals surface area contributed by atoms with E-state index in [-0.39, 0.29) is 5.91 Å². The molecule has 1 saturated heterocycles. The molecule has 16 heavy (non-hydrogen) atoms. The summed E-state index contributed by atoms with van der Waals surface area (Å²) in [6.45, 7) is 1.58. The molecule has 0 saturated carbocycles. The molecule has 82 valence electrons. The number of likely N-dealkylation sites (tertiary alicyclic amines) is 1. The van der Waals surface area contributed by atoms with E-state index in [0.717, 1.165) is 29.6 Å². The summed E-state index contributed by atoms with van der Waals surface area (Å²) in [5.74, 6) is 0.262. The van der Waals surface area contributed by atoms with Crippen molar-refractivity contribution >= 4 is 16.9 Å². The van der Waals surface area contributed by atoms with Crippen LogP contribution < -0.4 is 0 Å².